The van der Waals surface area contributed by atoms with Gasteiger partial charge in [0.1, 0.15) is 4.21 Å². The van der Waals surface area contributed by atoms with Crippen LogP contribution in [-0.4, -0.2) is 45.5 Å². The highest BCUT2D eigenvalue weighted by atomic mass is 127. The molecule has 1 fully saturated rings. The fourth-order valence-electron chi connectivity index (χ4n) is 2.36. The summed E-state index contributed by atoms with van der Waals surface area (Å²) >= 11 is 6.78. The maximum Gasteiger partial charge on any atom is 0.250 e. The van der Waals surface area contributed by atoms with Crippen molar-refractivity contribution in [3.8, 4) is 0 Å². The highest BCUT2D eigenvalue weighted by Gasteiger charge is 2.18. The molecule has 6 nitrogen and oxygen atoms in total. The van der Waals surface area contributed by atoms with Gasteiger partial charge in [-0.05, 0) is 30.9 Å². The summed E-state index contributed by atoms with van der Waals surface area (Å²) in [6.07, 6.45) is 2.33. The molecule has 0 spiro atoms. The van der Waals surface area contributed by atoms with Crippen molar-refractivity contribution in [2.45, 2.75) is 24.0 Å². The lowest BCUT2D eigenvalue weighted by Gasteiger charge is -2.31. The van der Waals surface area contributed by atoms with E-state index in [2.05, 4.69) is 21.5 Å². The number of sulfonamides is 1. The fourth-order valence-corrected chi connectivity index (χ4v) is 4.91. The van der Waals surface area contributed by atoms with Crippen LogP contribution in [0.1, 0.15) is 19.8 Å². The molecule has 1 aromatic rings. The fraction of sp³-hybridized carbons (Fsp3) is 0.615. The number of halogens is 2. The number of aliphatic imine (C=N–C) groups is 1. The van der Waals surface area contributed by atoms with Gasteiger partial charge in [-0.15, -0.1) is 35.3 Å². The molecule has 3 N–H and O–H groups in total. The van der Waals surface area contributed by atoms with Crippen LogP contribution < -0.4 is 10.5 Å². The number of hydrogen-bond acceptors (Lipinski definition) is 4. The molecule has 1 saturated heterocycles. The molecule has 23 heavy (non-hydrogen) atoms. The van der Waals surface area contributed by atoms with Gasteiger partial charge in [-0.25, -0.2) is 13.1 Å². The van der Waals surface area contributed by atoms with Gasteiger partial charge in [-0.2, -0.15) is 0 Å². The number of thiophene rings is 1. The summed E-state index contributed by atoms with van der Waals surface area (Å²) in [5.41, 5.74) is 5.96. The van der Waals surface area contributed by atoms with Crippen molar-refractivity contribution in [1.82, 2.24) is 9.62 Å². The molecule has 0 radical (unpaired) electrons. The number of likely N-dealkylation sites (tertiary alicyclic amines) is 1. The Morgan fingerprint density at radius 1 is 1.57 bits per heavy atom. The monoisotopic (exact) mass is 492 g/mol. The van der Waals surface area contributed by atoms with Gasteiger partial charge in [-0.3, -0.25) is 4.99 Å². The number of rotatable bonds is 5. The van der Waals surface area contributed by atoms with Gasteiger partial charge in [0.15, 0.2) is 5.96 Å². The van der Waals surface area contributed by atoms with Gasteiger partial charge >= 0.3 is 0 Å². The normalized spacial score (nSPS) is 19.5. The molecular formula is C13H22ClIN4O2S2. The Kier molecular flexibility index (Phi) is 8.56. The smallest absolute Gasteiger partial charge is 0.250 e. The van der Waals surface area contributed by atoms with Gasteiger partial charge < -0.3 is 10.6 Å². The topological polar surface area (TPSA) is 87.8 Å². The van der Waals surface area contributed by atoms with E-state index in [1.807, 2.05) is 0 Å². The lowest BCUT2D eigenvalue weighted by Crippen LogP contribution is -2.43. The summed E-state index contributed by atoms with van der Waals surface area (Å²) in [6, 6.07) is 3.05. The number of nitrogens with zero attached hydrogens (tertiary/aromatic N) is 2. The van der Waals surface area contributed by atoms with E-state index >= 15 is 0 Å². The first-order valence-electron chi connectivity index (χ1n) is 7.18. The van der Waals surface area contributed by atoms with Crippen LogP contribution in [0.3, 0.4) is 0 Å². The van der Waals surface area contributed by atoms with Crippen LogP contribution in [0.25, 0.3) is 0 Å². The third-order valence-corrected chi connectivity index (χ3v) is 6.66. The zero-order valence-corrected chi connectivity index (χ0v) is 17.6. The average Bonchev–Trinajstić information content (AvgIpc) is 2.91. The van der Waals surface area contributed by atoms with E-state index in [1.54, 1.807) is 6.07 Å². The third kappa shape index (κ3) is 6.37. The van der Waals surface area contributed by atoms with Gasteiger partial charge in [-0.1, -0.05) is 18.5 Å². The Labute approximate surface area is 163 Å². The molecule has 132 valence electrons. The highest BCUT2D eigenvalue weighted by Crippen LogP contribution is 2.25. The lowest BCUT2D eigenvalue weighted by molar-refractivity contribution is 0.270. The van der Waals surface area contributed by atoms with E-state index < -0.39 is 10.0 Å². The Morgan fingerprint density at radius 3 is 2.91 bits per heavy atom. The van der Waals surface area contributed by atoms with E-state index in [4.69, 9.17) is 17.3 Å². The molecule has 1 aromatic heterocycles. The minimum absolute atomic E-state index is 0. The van der Waals surface area contributed by atoms with Crippen LogP contribution in [0.5, 0.6) is 0 Å². The van der Waals surface area contributed by atoms with Crippen LogP contribution in [0.15, 0.2) is 21.3 Å². The van der Waals surface area contributed by atoms with E-state index in [0.717, 1.165) is 30.8 Å². The molecule has 2 heterocycles. The minimum Gasteiger partial charge on any atom is -0.370 e. The van der Waals surface area contributed by atoms with Crippen molar-refractivity contribution in [3.63, 3.8) is 0 Å². The predicted octanol–water partition coefficient (Wildman–Crippen LogP) is 2.34. The Bertz CT molecular complexity index is 636. The molecule has 1 unspecified atom stereocenters. The second kappa shape index (κ2) is 9.40. The van der Waals surface area contributed by atoms with Gasteiger partial charge in [0.05, 0.1) is 10.9 Å². The molecule has 1 aliphatic heterocycles. The molecule has 0 aliphatic carbocycles. The maximum absolute atomic E-state index is 12.0. The standard InChI is InChI=1S/C13H21ClN4O2S2.HI/c1-10-3-2-8-18(9-10)13(15)16-6-7-17-22(19,20)12-5-4-11(14)21-12;/h4-5,10,17H,2-3,6-9H2,1H3,(H2,15,16);1H. The molecule has 0 aromatic carbocycles. The largest absolute Gasteiger partial charge is 0.370 e. The molecule has 0 amide bonds. The number of piperidine rings is 1. The zero-order valence-electron chi connectivity index (χ0n) is 12.9. The zero-order chi connectivity index (χ0) is 16.2. The van der Waals surface area contributed by atoms with E-state index in [0.29, 0.717) is 22.8 Å². The molecule has 1 atom stereocenters. The molecule has 1 aliphatic rings. The second-order valence-corrected chi connectivity index (χ2v) is 9.10. The molecule has 0 saturated carbocycles. The summed E-state index contributed by atoms with van der Waals surface area (Å²) in [6.45, 7) is 4.55. The van der Waals surface area contributed by atoms with Crippen LogP contribution in [-0.2, 0) is 10.0 Å². The maximum atomic E-state index is 12.0. The summed E-state index contributed by atoms with van der Waals surface area (Å²) in [5.74, 6) is 1.11. The Balaban J connectivity index is 0.00000264. The highest BCUT2D eigenvalue weighted by molar-refractivity contribution is 14.0. The summed E-state index contributed by atoms with van der Waals surface area (Å²) in [4.78, 5) is 6.31. The Hall–Kier alpha value is -0.1000. The van der Waals surface area contributed by atoms with Crippen LogP contribution in [0.2, 0.25) is 4.34 Å². The number of nitrogens with one attached hydrogen (secondary N) is 1. The number of nitrogens with two attached hydrogens (primary N) is 1. The molecule has 2 rings (SSSR count). The van der Waals surface area contributed by atoms with E-state index in [1.165, 1.54) is 12.5 Å². The van der Waals surface area contributed by atoms with Crippen molar-refractivity contribution < 1.29 is 8.42 Å². The van der Waals surface area contributed by atoms with Crippen LogP contribution >= 0.6 is 46.9 Å². The van der Waals surface area contributed by atoms with Crippen molar-refractivity contribution in [2.75, 3.05) is 26.2 Å². The first-order chi connectivity index (χ1) is 10.4. The van der Waals surface area contributed by atoms with Crippen molar-refractivity contribution in [3.05, 3.63) is 16.5 Å². The summed E-state index contributed by atoms with van der Waals surface area (Å²) < 4.78 is 27.1. The van der Waals surface area contributed by atoms with Crippen molar-refractivity contribution in [2.24, 2.45) is 16.6 Å². The first kappa shape index (κ1) is 20.9. The van der Waals surface area contributed by atoms with E-state index in [-0.39, 0.29) is 34.7 Å². The van der Waals surface area contributed by atoms with E-state index in [9.17, 15) is 8.42 Å². The SMILES string of the molecule is CC1CCCN(C(N)=NCCNS(=O)(=O)c2ccc(Cl)s2)C1.I. The van der Waals surface area contributed by atoms with Crippen LogP contribution in [0, 0.1) is 5.92 Å². The third-order valence-electron chi connectivity index (χ3n) is 3.47. The minimum atomic E-state index is -3.51. The quantitative estimate of drug-likeness (QED) is 0.286. The van der Waals surface area contributed by atoms with Crippen LogP contribution in [0.4, 0.5) is 0 Å². The summed E-state index contributed by atoms with van der Waals surface area (Å²) in [5, 5.41) is 0. The second-order valence-electron chi connectivity index (χ2n) is 5.39. The van der Waals surface area contributed by atoms with Crippen molar-refractivity contribution >= 4 is 62.9 Å². The number of hydrogen-bond donors (Lipinski definition) is 2. The van der Waals surface area contributed by atoms with Gasteiger partial charge in [0.25, 0.3) is 0 Å². The number of guanidine groups is 1. The molecule has 10 heteroatoms. The van der Waals surface area contributed by atoms with Gasteiger partial charge in [0, 0.05) is 19.6 Å². The average molecular weight is 493 g/mol. The molecular weight excluding hydrogens is 471 g/mol. The first-order valence-corrected chi connectivity index (χ1v) is 9.86. The van der Waals surface area contributed by atoms with Gasteiger partial charge in [0.2, 0.25) is 10.0 Å². The Morgan fingerprint density at radius 2 is 2.30 bits per heavy atom. The van der Waals surface area contributed by atoms with Crippen molar-refractivity contribution in [1.29, 1.82) is 0 Å². The lowest BCUT2D eigenvalue weighted by atomic mass is 10.0. The summed E-state index contributed by atoms with van der Waals surface area (Å²) in [7, 11) is -3.51. The predicted molar refractivity (Wildman–Crippen MR) is 106 cm³/mol. The molecule has 0 bridgehead atoms.